The van der Waals surface area contributed by atoms with Crippen LogP contribution in [0.2, 0.25) is 0 Å². The molecule has 2 fully saturated rings. The molecule has 4 rings (SSSR count). The second kappa shape index (κ2) is 11.8. The van der Waals surface area contributed by atoms with Crippen LogP contribution in [0.4, 0.5) is 17.6 Å². The van der Waals surface area contributed by atoms with Gasteiger partial charge in [-0.05, 0) is 84.6 Å². The van der Waals surface area contributed by atoms with E-state index in [0.29, 0.717) is 5.92 Å². The monoisotopic (exact) mass is 490 g/mol. The number of ether oxygens (including phenoxy) is 1. The molecule has 0 saturated heterocycles. The predicted molar refractivity (Wildman–Crippen MR) is 133 cm³/mol. The van der Waals surface area contributed by atoms with Gasteiger partial charge >= 0.3 is 12.5 Å². The maximum absolute atomic E-state index is 13.1. The molecule has 0 heterocycles. The van der Waals surface area contributed by atoms with E-state index in [-0.39, 0.29) is 5.75 Å². The highest BCUT2D eigenvalue weighted by molar-refractivity contribution is 5.64. The summed E-state index contributed by atoms with van der Waals surface area (Å²) in [7, 11) is 0. The van der Waals surface area contributed by atoms with Crippen molar-refractivity contribution in [2.75, 3.05) is 0 Å². The Morgan fingerprint density at radius 2 is 1.43 bits per heavy atom. The Bertz CT molecular complexity index is 909. The smallest absolute Gasteiger partial charge is 0.428 e. The van der Waals surface area contributed by atoms with Crippen molar-refractivity contribution in [3.63, 3.8) is 0 Å². The summed E-state index contributed by atoms with van der Waals surface area (Å²) in [4.78, 5) is 0. The van der Waals surface area contributed by atoms with Crippen molar-refractivity contribution in [2.45, 2.75) is 96.0 Å². The van der Waals surface area contributed by atoms with E-state index in [1.807, 2.05) is 0 Å². The van der Waals surface area contributed by atoms with Gasteiger partial charge < -0.3 is 4.74 Å². The fourth-order valence-corrected chi connectivity index (χ4v) is 6.28. The van der Waals surface area contributed by atoms with Crippen LogP contribution in [0.25, 0.3) is 11.1 Å². The molecule has 2 aromatic carbocycles. The lowest BCUT2D eigenvalue weighted by Crippen LogP contribution is -2.33. The molecule has 35 heavy (non-hydrogen) atoms. The van der Waals surface area contributed by atoms with Crippen LogP contribution < -0.4 is 4.74 Å². The maximum Gasteiger partial charge on any atom is 0.461 e. The average Bonchev–Trinajstić information content (AvgIpc) is 2.86. The molecule has 0 bridgehead atoms. The first-order chi connectivity index (χ1) is 16.9. The number of rotatable bonds is 10. The first-order valence-corrected chi connectivity index (χ1v) is 13.4. The fourth-order valence-electron chi connectivity index (χ4n) is 6.28. The Labute approximate surface area is 207 Å². The molecule has 0 radical (unpaired) electrons. The first-order valence-electron chi connectivity index (χ1n) is 13.4. The summed E-state index contributed by atoms with van der Waals surface area (Å²) in [6.07, 6.45) is 6.67. The van der Waals surface area contributed by atoms with Gasteiger partial charge in [0.2, 0.25) is 0 Å². The van der Waals surface area contributed by atoms with Crippen LogP contribution in [0, 0.1) is 17.8 Å². The third-order valence-electron chi connectivity index (χ3n) is 8.27. The molecule has 2 aromatic rings. The van der Waals surface area contributed by atoms with Gasteiger partial charge in [-0.1, -0.05) is 81.8 Å². The van der Waals surface area contributed by atoms with Crippen LogP contribution in [0.3, 0.4) is 0 Å². The molecule has 192 valence electrons. The van der Waals surface area contributed by atoms with Crippen molar-refractivity contribution in [1.29, 1.82) is 0 Å². The Morgan fingerprint density at radius 3 is 2.09 bits per heavy atom. The Balaban J connectivity index is 1.30. The lowest BCUT2D eigenvalue weighted by atomic mass is 9.63. The number of hydrogen-bond acceptors (Lipinski definition) is 1. The number of benzene rings is 2. The van der Waals surface area contributed by atoms with E-state index in [1.165, 1.54) is 88.3 Å². The van der Waals surface area contributed by atoms with Gasteiger partial charge in [-0.15, -0.1) is 0 Å². The quantitative estimate of drug-likeness (QED) is 0.238. The standard InChI is InChI=1S/C30H38F4O/c1-2-3-4-5-6-21-7-8-27-20-26(14-13-25(27)19-21)24-11-9-22(10-12-24)23-15-17-28(18-16-23)35-30(33,34)29(31)32/h9-12,15-18,21,25-27,29H,2-8,13-14,19-20H2,1H3. The van der Waals surface area contributed by atoms with Crippen molar-refractivity contribution >= 4 is 0 Å². The summed E-state index contributed by atoms with van der Waals surface area (Å²) in [5, 5.41) is 0. The zero-order chi connectivity index (χ0) is 24.8. The molecule has 0 amide bonds. The summed E-state index contributed by atoms with van der Waals surface area (Å²) in [5.74, 6) is 3.05. The largest absolute Gasteiger partial charge is 0.461 e. The van der Waals surface area contributed by atoms with Crippen LogP contribution in [-0.4, -0.2) is 12.5 Å². The average molecular weight is 491 g/mol. The molecule has 5 heteroatoms. The van der Waals surface area contributed by atoms with Gasteiger partial charge in [-0.2, -0.15) is 17.6 Å². The summed E-state index contributed by atoms with van der Waals surface area (Å²) in [6, 6.07) is 14.4. The molecule has 4 atom stereocenters. The van der Waals surface area contributed by atoms with Gasteiger partial charge in [-0.3, -0.25) is 0 Å². The lowest BCUT2D eigenvalue weighted by Gasteiger charge is -2.42. The van der Waals surface area contributed by atoms with Crippen LogP contribution in [0.5, 0.6) is 5.75 Å². The minimum atomic E-state index is -4.49. The van der Waals surface area contributed by atoms with E-state index in [1.54, 1.807) is 12.1 Å². The van der Waals surface area contributed by atoms with Crippen molar-refractivity contribution in [3.8, 4) is 16.9 Å². The maximum atomic E-state index is 13.1. The van der Waals surface area contributed by atoms with E-state index in [0.717, 1.165) is 28.9 Å². The molecule has 2 saturated carbocycles. The molecule has 0 aromatic heterocycles. The van der Waals surface area contributed by atoms with Crippen molar-refractivity contribution < 1.29 is 22.3 Å². The lowest BCUT2D eigenvalue weighted by molar-refractivity contribution is -0.253. The van der Waals surface area contributed by atoms with E-state index in [2.05, 4.69) is 35.9 Å². The van der Waals surface area contributed by atoms with Gasteiger partial charge in [0.25, 0.3) is 0 Å². The molecule has 2 aliphatic rings. The van der Waals surface area contributed by atoms with Gasteiger partial charge in [0.15, 0.2) is 0 Å². The summed E-state index contributed by atoms with van der Waals surface area (Å²) in [6.45, 7) is 2.28. The SMILES string of the molecule is CCCCCCC1CCC2CC(c3ccc(-c4ccc(OC(F)(F)C(F)F)cc4)cc3)CCC2C1. The highest BCUT2D eigenvalue weighted by Crippen LogP contribution is 2.48. The predicted octanol–water partition coefficient (Wildman–Crippen LogP) is 9.86. The molecular weight excluding hydrogens is 452 g/mol. The summed E-state index contributed by atoms with van der Waals surface area (Å²) >= 11 is 0. The van der Waals surface area contributed by atoms with Crippen molar-refractivity contribution in [1.82, 2.24) is 0 Å². The molecule has 0 spiro atoms. The second-order valence-corrected chi connectivity index (χ2v) is 10.7. The van der Waals surface area contributed by atoms with Crippen molar-refractivity contribution in [3.05, 3.63) is 54.1 Å². The molecule has 4 unspecified atom stereocenters. The number of hydrogen-bond donors (Lipinski definition) is 0. The molecular formula is C30H38F4O. The third-order valence-corrected chi connectivity index (χ3v) is 8.27. The number of alkyl halides is 4. The molecule has 0 aliphatic heterocycles. The Morgan fingerprint density at radius 1 is 0.800 bits per heavy atom. The van der Waals surface area contributed by atoms with Gasteiger partial charge in [0.1, 0.15) is 5.75 Å². The van der Waals surface area contributed by atoms with E-state index in [4.69, 9.17) is 0 Å². The van der Waals surface area contributed by atoms with Crippen LogP contribution >= 0.6 is 0 Å². The van der Waals surface area contributed by atoms with Crippen LogP contribution in [-0.2, 0) is 0 Å². The highest BCUT2D eigenvalue weighted by atomic mass is 19.3. The zero-order valence-electron chi connectivity index (χ0n) is 20.7. The van der Waals surface area contributed by atoms with E-state index < -0.39 is 12.5 Å². The Kier molecular flexibility index (Phi) is 8.77. The molecule has 1 nitrogen and oxygen atoms in total. The van der Waals surface area contributed by atoms with Crippen molar-refractivity contribution in [2.24, 2.45) is 17.8 Å². The fraction of sp³-hybridized carbons (Fsp3) is 0.600. The minimum Gasteiger partial charge on any atom is -0.428 e. The van der Waals surface area contributed by atoms with E-state index >= 15 is 0 Å². The number of unbranched alkanes of at least 4 members (excludes halogenated alkanes) is 3. The summed E-state index contributed by atoms with van der Waals surface area (Å²) in [5.41, 5.74) is 3.19. The topological polar surface area (TPSA) is 9.23 Å². The van der Waals surface area contributed by atoms with E-state index in [9.17, 15) is 17.6 Å². The number of halogens is 4. The van der Waals surface area contributed by atoms with Crippen LogP contribution in [0.15, 0.2) is 48.5 Å². The second-order valence-electron chi connectivity index (χ2n) is 10.7. The first kappa shape index (κ1) is 26.0. The Hall–Kier alpha value is -2.04. The summed E-state index contributed by atoms with van der Waals surface area (Å²) < 4.78 is 55.0. The number of fused-ring (bicyclic) bond motifs is 1. The zero-order valence-corrected chi connectivity index (χ0v) is 20.7. The normalized spacial score (nSPS) is 24.9. The molecule has 2 aliphatic carbocycles. The highest BCUT2D eigenvalue weighted by Gasteiger charge is 2.44. The minimum absolute atomic E-state index is 0.275. The van der Waals surface area contributed by atoms with Gasteiger partial charge in [0, 0.05) is 0 Å². The van der Waals surface area contributed by atoms with Gasteiger partial charge in [-0.25, -0.2) is 0 Å². The third kappa shape index (κ3) is 6.80. The van der Waals surface area contributed by atoms with Crippen LogP contribution in [0.1, 0.15) is 89.0 Å². The molecule has 0 N–H and O–H groups in total. The van der Waals surface area contributed by atoms with Gasteiger partial charge in [0.05, 0.1) is 0 Å².